The number of aryl methyl sites for hydroxylation is 1. The first-order valence-electron chi connectivity index (χ1n) is 5.67. The Bertz CT molecular complexity index is 649. The molecule has 96 valence electrons. The van der Waals surface area contributed by atoms with Gasteiger partial charge in [-0.05, 0) is 42.3 Å². The van der Waals surface area contributed by atoms with Crippen LogP contribution in [0.25, 0.3) is 0 Å². The lowest BCUT2D eigenvalue weighted by Crippen LogP contribution is -1.90. The van der Waals surface area contributed by atoms with Crippen molar-refractivity contribution in [1.82, 2.24) is 0 Å². The molecule has 0 aliphatic rings. The second-order valence-electron chi connectivity index (χ2n) is 4.08. The second kappa shape index (κ2) is 6.10. The fourth-order valence-corrected chi connectivity index (χ4v) is 2.50. The molecular weight excluding hydrogens is 326 g/mol. The van der Waals surface area contributed by atoms with Crippen molar-refractivity contribution in [1.29, 1.82) is 5.26 Å². The summed E-state index contributed by atoms with van der Waals surface area (Å²) in [7, 11) is 0. The highest BCUT2D eigenvalue weighted by Crippen LogP contribution is 2.30. The van der Waals surface area contributed by atoms with E-state index in [-0.39, 0.29) is 0 Å². The maximum absolute atomic E-state index is 8.90. The summed E-state index contributed by atoms with van der Waals surface area (Å²) in [5.41, 5.74) is 2.57. The van der Waals surface area contributed by atoms with E-state index in [9.17, 15) is 0 Å². The monoisotopic (exact) mass is 335 g/mol. The van der Waals surface area contributed by atoms with E-state index in [0.717, 1.165) is 15.6 Å². The van der Waals surface area contributed by atoms with Crippen molar-refractivity contribution in [2.24, 2.45) is 0 Å². The van der Waals surface area contributed by atoms with Crippen LogP contribution in [0.2, 0.25) is 0 Å². The zero-order valence-electron chi connectivity index (χ0n) is 10.3. The topological polar surface area (TPSA) is 33.0 Å². The largest absolute Gasteiger partial charge is 0.457 e. The predicted molar refractivity (Wildman–Crippen MR) is 79.7 cm³/mol. The molecule has 19 heavy (non-hydrogen) atoms. The van der Waals surface area contributed by atoms with Crippen molar-refractivity contribution >= 4 is 27.5 Å². The molecule has 2 aromatic carbocycles. The fraction of sp³-hybridized carbons (Fsp3) is 0.133. The van der Waals surface area contributed by atoms with Gasteiger partial charge in [-0.2, -0.15) is 5.26 Å². The van der Waals surface area contributed by atoms with Gasteiger partial charge in [0, 0.05) is 10.4 Å². The minimum Gasteiger partial charge on any atom is -0.457 e. The van der Waals surface area contributed by atoms with Crippen molar-refractivity contribution in [2.75, 3.05) is 0 Å². The number of halogens is 2. The van der Waals surface area contributed by atoms with Crippen LogP contribution >= 0.6 is 27.5 Å². The van der Waals surface area contributed by atoms with Crippen LogP contribution in [0, 0.1) is 18.3 Å². The van der Waals surface area contributed by atoms with Crippen LogP contribution in [-0.4, -0.2) is 0 Å². The van der Waals surface area contributed by atoms with E-state index in [1.807, 2.05) is 31.2 Å². The molecule has 2 aromatic rings. The summed E-state index contributed by atoms with van der Waals surface area (Å²) in [4.78, 5) is 0. The van der Waals surface area contributed by atoms with E-state index < -0.39 is 0 Å². The summed E-state index contributed by atoms with van der Waals surface area (Å²) in [5, 5.41) is 8.90. The molecule has 0 unspecified atom stereocenters. The molecule has 4 heteroatoms. The van der Waals surface area contributed by atoms with Crippen molar-refractivity contribution in [3.05, 3.63) is 57.6 Å². The number of hydrogen-bond donors (Lipinski definition) is 0. The Morgan fingerprint density at radius 3 is 2.68 bits per heavy atom. The summed E-state index contributed by atoms with van der Waals surface area (Å²) in [5.74, 6) is 1.84. The first-order valence-corrected chi connectivity index (χ1v) is 7.00. The van der Waals surface area contributed by atoms with Crippen molar-refractivity contribution in [2.45, 2.75) is 12.8 Å². The highest BCUT2D eigenvalue weighted by molar-refractivity contribution is 9.10. The fourth-order valence-electron chi connectivity index (χ4n) is 1.61. The minimum absolute atomic E-state index is 0.448. The molecule has 2 nitrogen and oxygen atoms in total. The number of rotatable bonds is 3. The molecule has 0 amide bonds. The SMILES string of the molecule is Cc1ccc(C#N)cc1Oc1ccc(CCl)c(Br)c1. The van der Waals surface area contributed by atoms with Gasteiger partial charge in [-0.25, -0.2) is 0 Å². The Balaban J connectivity index is 2.31. The molecule has 0 saturated carbocycles. The van der Waals surface area contributed by atoms with Gasteiger partial charge >= 0.3 is 0 Å². The van der Waals surface area contributed by atoms with Crippen LogP contribution in [0.4, 0.5) is 0 Å². The number of benzene rings is 2. The first-order chi connectivity index (χ1) is 9.13. The number of hydrogen-bond acceptors (Lipinski definition) is 2. The van der Waals surface area contributed by atoms with Gasteiger partial charge in [-0.3, -0.25) is 0 Å². The Morgan fingerprint density at radius 2 is 2.05 bits per heavy atom. The quantitative estimate of drug-likeness (QED) is 0.725. The lowest BCUT2D eigenvalue weighted by molar-refractivity contribution is 0.478. The third-order valence-corrected chi connectivity index (χ3v) is 3.74. The number of nitrogens with zero attached hydrogens (tertiary/aromatic N) is 1. The van der Waals surface area contributed by atoms with Crippen LogP contribution in [0.15, 0.2) is 40.9 Å². The second-order valence-corrected chi connectivity index (χ2v) is 5.20. The van der Waals surface area contributed by atoms with Crippen LogP contribution in [0.1, 0.15) is 16.7 Å². The lowest BCUT2D eigenvalue weighted by atomic mass is 10.1. The van der Waals surface area contributed by atoms with E-state index in [1.165, 1.54) is 0 Å². The Labute approximate surface area is 125 Å². The van der Waals surface area contributed by atoms with E-state index in [2.05, 4.69) is 22.0 Å². The number of alkyl halides is 1. The highest BCUT2D eigenvalue weighted by Gasteiger charge is 2.05. The van der Waals surface area contributed by atoms with Crippen LogP contribution in [-0.2, 0) is 5.88 Å². The van der Waals surface area contributed by atoms with Gasteiger partial charge in [0.2, 0.25) is 0 Å². The average Bonchev–Trinajstić information content (AvgIpc) is 2.41. The molecule has 0 N–H and O–H groups in total. The summed E-state index contributed by atoms with van der Waals surface area (Å²) in [6.07, 6.45) is 0. The van der Waals surface area contributed by atoms with Crippen molar-refractivity contribution in [3.8, 4) is 17.6 Å². The third kappa shape index (κ3) is 3.28. The van der Waals surface area contributed by atoms with Crippen LogP contribution in [0.5, 0.6) is 11.5 Å². The lowest BCUT2D eigenvalue weighted by Gasteiger charge is -2.10. The molecule has 0 aliphatic heterocycles. The summed E-state index contributed by atoms with van der Waals surface area (Å²) < 4.78 is 6.72. The zero-order valence-corrected chi connectivity index (χ0v) is 12.6. The standard InChI is InChI=1S/C15H11BrClNO/c1-10-2-3-11(9-18)6-15(10)19-13-5-4-12(8-17)14(16)7-13/h2-7H,8H2,1H3. The molecular formula is C15H11BrClNO. The molecule has 0 radical (unpaired) electrons. The highest BCUT2D eigenvalue weighted by atomic mass is 79.9. The van der Waals surface area contributed by atoms with Gasteiger partial charge in [-0.15, -0.1) is 11.6 Å². The molecule has 0 bridgehead atoms. The van der Waals surface area contributed by atoms with Gasteiger partial charge < -0.3 is 4.74 Å². The molecule has 0 spiro atoms. The van der Waals surface area contributed by atoms with E-state index in [1.54, 1.807) is 12.1 Å². The zero-order chi connectivity index (χ0) is 13.8. The average molecular weight is 337 g/mol. The van der Waals surface area contributed by atoms with Gasteiger partial charge in [-0.1, -0.05) is 28.1 Å². The third-order valence-electron chi connectivity index (χ3n) is 2.71. The number of nitriles is 1. The van der Waals surface area contributed by atoms with Crippen molar-refractivity contribution in [3.63, 3.8) is 0 Å². The van der Waals surface area contributed by atoms with Crippen LogP contribution < -0.4 is 4.74 Å². The molecule has 0 fully saturated rings. The summed E-state index contributed by atoms with van der Waals surface area (Å²) >= 11 is 9.25. The van der Waals surface area contributed by atoms with E-state index in [0.29, 0.717) is 22.9 Å². The summed E-state index contributed by atoms with van der Waals surface area (Å²) in [6.45, 7) is 1.94. The Hall–Kier alpha value is -1.50. The van der Waals surface area contributed by atoms with Gasteiger partial charge in [0.15, 0.2) is 0 Å². The van der Waals surface area contributed by atoms with E-state index in [4.69, 9.17) is 21.6 Å². The Morgan fingerprint density at radius 1 is 1.26 bits per heavy atom. The molecule has 0 aromatic heterocycles. The normalized spacial score (nSPS) is 10.0. The molecule has 2 rings (SSSR count). The Kier molecular flexibility index (Phi) is 4.47. The predicted octanol–water partition coefficient (Wildman–Crippen LogP) is 5.16. The molecule has 0 heterocycles. The maximum atomic E-state index is 8.90. The maximum Gasteiger partial charge on any atom is 0.131 e. The van der Waals surface area contributed by atoms with Crippen molar-refractivity contribution < 1.29 is 4.74 Å². The molecule has 0 saturated heterocycles. The van der Waals surface area contributed by atoms with Crippen LogP contribution in [0.3, 0.4) is 0 Å². The first kappa shape index (κ1) is 13.9. The minimum atomic E-state index is 0.448. The summed E-state index contributed by atoms with van der Waals surface area (Å²) in [6, 6.07) is 13.1. The van der Waals surface area contributed by atoms with E-state index >= 15 is 0 Å². The number of ether oxygens (including phenoxy) is 1. The smallest absolute Gasteiger partial charge is 0.131 e. The van der Waals surface area contributed by atoms with Gasteiger partial charge in [0.1, 0.15) is 11.5 Å². The van der Waals surface area contributed by atoms with Gasteiger partial charge in [0.05, 0.1) is 11.6 Å². The molecule has 0 aliphatic carbocycles. The molecule has 0 atom stereocenters. The van der Waals surface area contributed by atoms with Gasteiger partial charge in [0.25, 0.3) is 0 Å².